The molecule has 2 fully saturated rings. The van der Waals surface area contributed by atoms with Crippen LogP contribution in [0.4, 0.5) is 5.82 Å². The molecule has 0 radical (unpaired) electrons. The maximum Gasteiger partial charge on any atom is 0.194 e. The summed E-state index contributed by atoms with van der Waals surface area (Å²) in [6.07, 6.45) is 6.49. The number of benzene rings is 1. The Bertz CT molecular complexity index is 888. The normalized spacial score (nSPS) is 18.1. The summed E-state index contributed by atoms with van der Waals surface area (Å²) in [5.41, 5.74) is 3.97. The van der Waals surface area contributed by atoms with E-state index >= 15 is 0 Å². The van der Waals surface area contributed by atoms with Gasteiger partial charge in [0.1, 0.15) is 5.82 Å². The Balaban J connectivity index is 1.33. The molecule has 32 heavy (non-hydrogen) atoms. The van der Waals surface area contributed by atoms with Gasteiger partial charge in [0, 0.05) is 52.0 Å². The predicted molar refractivity (Wildman–Crippen MR) is 134 cm³/mol. The van der Waals surface area contributed by atoms with Crippen LogP contribution in [-0.2, 0) is 6.54 Å². The smallest absolute Gasteiger partial charge is 0.194 e. The van der Waals surface area contributed by atoms with E-state index in [-0.39, 0.29) is 0 Å². The molecule has 0 saturated carbocycles. The number of pyridine rings is 1. The van der Waals surface area contributed by atoms with Gasteiger partial charge in [0.2, 0.25) is 0 Å². The van der Waals surface area contributed by atoms with Crippen molar-refractivity contribution in [1.82, 2.24) is 20.1 Å². The number of guanidine groups is 1. The maximum absolute atomic E-state index is 4.92. The van der Waals surface area contributed by atoms with Crippen LogP contribution in [0.15, 0.2) is 59.2 Å². The first-order chi connectivity index (χ1) is 15.7. The standard InChI is InChI=1S/C26H36N6/c1-3-27-26(32-13-11-23(12-14-32)19-22-7-5-4-6-8-22)29-21-24-9-10-25(28-20-24)31-17-15-30(2)16-18-31/h4-10,19-20H,3,11-18,21H2,1-2H3,(H,27,29). The molecule has 4 rings (SSSR count). The summed E-state index contributed by atoms with van der Waals surface area (Å²) < 4.78 is 0. The van der Waals surface area contributed by atoms with Crippen molar-refractivity contribution in [3.63, 3.8) is 0 Å². The van der Waals surface area contributed by atoms with E-state index in [0.717, 1.165) is 76.0 Å². The monoisotopic (exact) mass is 432 g/mol. The van der Waals surface area contributed by atoms with E-state index in [0.29, 0.717) is 6.54 Å². The Morgan fingerprint density at radius 1 is 1.00 bits per heavy atom. The van der Waals surface area contributed by atoms with Crippen LogP contribution in [0.5, 0.6) is 0 Å². The average Bonchev–Trinajstić information content (AvgIpc) is 2.84. The van der Waals surface area contributed by atoms with Crippen LogP contribution in [-0.4, -0.2) is 73.6 Å². The van der Waals surface area contributed by atoms with Gasteiger partial charge in [0.05, 0.1) is 6.54 Å². The molecule has 0 spiro atoms. The van der Waals surface area contributed by atoms with Crippen LogP contribution in [0.1, 0.15) is 30.9 Å². The number of nitrogens with one attached hydrogen (secondary N) is 1. The van der Waals surface area contributed by atoms with Gasteiger partial charge in [-0.25, -0.2) is 9.98 Å². The first-order valence-electron chi connectivity index (χ1n) is 11.9. The lowest BCUT2D eigenvalue weighted by molar-refractivity contribution is 0.312. The third-order valence-corrected chi connectivity index (χ3v) is 6.26. The molecule has 1 aromatic carbocycles. The van der Waals surface area contributed by atoms with E-state index in [1.54, 1.807) is 0 Å². The molecule has 2 saturated heterocycles. The number of anilines is 1. The predicted octanol–water partition coefficient (Wildman–Crippen LogP) is 3.48. The third kappa shape index (κ3) is 6.10. The molecule has 6 heteroatoms. The number of hydrogen-bond acceptors (Lipinski definition) is 4. The summed E-state index contributed by atoms with van der Waals surface area (Å²) in [4.78, 5) is 16.7. The fourth-order valence-corrected chi connectivity index (χ4v) is 4.26. The van der Waals surface area contributed by atoms with Crippen LogP contribution in [0.2, 0.25) is 0 Å². The average molecular weight is 433 g/mol. The van der Waals surface area contributed by atoms with Gasteiger partial charge in [-0.05, 0) is 44.0 Å². The van der Waals surface area contributed by atoms with E-state index < -0.39 is 0 Å². The number of aliphatic imine (C=N–C) groups is 1. The molecular formula is C26H36N6. The van der Waals surface area contributed by atoms with Crippen LogP contribution in [0, 0.1) is 0 Å². The van der Waals surface area contributed by atoms with E-state index in [4.69, 9.17) is 9.98 Å². The van der Waals surface area contributed by atoms with Crippen LogP contribution < -0.4 is 10.2 Å². The topological polar surface area (TPSA) is 47.0 Å². The zero-order chi connectivity index (χ0) is 22.2. The minimum Gasteiger partial charge on any atom is -0.357 e. The summed E-state index contributed by atoms with van der Waals surface area (Å²) >= 11 is 0. The van der Waals surface area contributed by atoms with Crippen molar-refractivity contribution in [2.75, 3.05) is 57.8 Å². The molecule has 6 nitrogen and oxygen atoms in total. The second kappa shape index (κ2) is 11.1. The number of aromatic nitrogens is 1. The highest BCUT2D eigenvalue weighted by Gasteiger charge is 2.18. The molecule has 0 unspecified atom stereocenters. The van der Waals surface area contributed by atoms with E-state index in [2.05, 4.69) is 82.5 Å². The second-order valence-electron chi connectivity index (χ2n) is 8.69. The molecule has 0 aliphatic carbocycles. The molecule has 2 aliphatic heterocycles. The third-order valence-electron chi connectivity index (χ3n) is 6.26. The van der Waals surface area contributed by atoms with E-state index in [9.17, 15) is 0 Å². The fourth-order valence-electron chi connectivity index (χ4n) is 4.26. The van der Waals surface area contributed by atoms with Crippen molar-refractivity contribution in [2.24, 2.45) is 4.99 Å². The molecule has 3 heterocycles. The first kappa shape index (κ1) is 22.3. The van der Waals surface area contributed by atoms with Gasteiger partial charge < -0.3 is 20.0 Å². The summed E-state index contributed by atoms with van der Waals surface area (Å²) in [6, 6.07) is 14.9. The number of hydrogen-bond donors (Lipinski definition) is 1. The molecule has 2 aliphatic rings. The Kier molecular flexibility index (Phi) is 7.77. The fraction of sp³-hybridized carbons (Fsp3) is 0.462. The second-order valence-corrected chi connectivity index (χ2v) is 8.69. The van der Waals surface area contributed by atoms with Crippen molar-refractivity contribution in [1.29, 1.82) is 0 Å². The van der Waals surface area contributed by atoms with Crippen molar-refractivity contribution in [3.8, 4) is 0 Å². The van der Waals surface area contributed by atoms with Crippen LogP contribution in [0.3, 0.4) is 0 Å². The van der Waals surface area contributed by atoms with Crippen molar-refractivity contribution in [2.45, 2.75) is 26.3 Å². The number of likely N-dealkylation sites (tertiary alicyclic amines) is 1. The lowest BCUT2D eigenvalue weighted by atomic mass is 10.0. The molecule has 2 aromatic rings. The first-order valence-corrected chi connectivity index (χ1v) is 11.9. The zero-order valence-corrected chi connectivity index (χ0v) is 19.5. The van der Waals surface area contributed by atoms with Crippen molar-refractivity contribution < 1.29 is 0 Å². The minimum absolute atomic E-state index is 0.654. The van der Waals surface area contributed by atoms with E-state index in [1.807, 2.05) is 6.20 Å². The van der Waals surface area contributed by atoms with Gasteiger partial charge in [-0.2, -0.15) is 0 Å². The molecule has 0 atom stereocenters. The number of piperazine rings is 1. The lowest BCUT2D eigenvalue weighted by Gasteiger charge is -2.33. The van der Waals surface area contributed by atoms with Gasteiger partial charge in [-0.15, -0.1) is 0 Å². The van der Waals surface area contributed by atoms with Gasteiger partial charge in [-0.1, -0.05) is 48.0 Å². The Morgan fingerprint density at radius 2 is 1.75 bits per heavy atom. The number of likely N-dealkylation sites (N-methyl/N-ethyl adjacent to an activating group) is 1. The highest BCUT2D eigenvalue weighted by Crippen LogP contribution is 2.20. The molecule has 1 N–H and O–H groups in total. The highest BCUT2D eigenvalue weighted by atomic mass is 15.3. The number of piperidine rings is 1. The van der Waals surface area contributed by atoms with Gasteiger partial charge >= 0.3 is 0 Å². The molecule has 0 bridgehead atoms. The summed E-state index contributed by atoms with van der Waals surface area (Å²) in [5, 5.41) is 3.48. The maximum atomic E-state index is 4.92. The van der Waals surface area contributed by atoms with Crippen LogP contribution >= 0.6 is 0 Å². The van der Waals surface area contributed by atoms with Crippen molar-refractivity contribution in [3.05, 3.63) is 65.4 Å². The summed E-state index contributed by atoms with van der Waals surface area (Å²) in [6.45, 7) is 9.95. The zero-order valence-electron chi connectivity index (χ0n) is 19.5. The highest BCUT2D eigenvalue weighted by molar-refractivity contribution is 5.80. The Hall–Kier alpha value is -2.86. The van der Waals surface area contributed by atoms with Gasteiger partial charge in [0.15, 0.2) is 5.96 Å². The molecule has 170 valence electrons. The van der Waals surface area contributed by atoms with Crippen LogP contribution in [0.25, 0.3) is 6.08 Å². The Morgan fingerprint density at radius 3 is 2.41 bits per heavy atom. The number of nitrogens with zero attached hydrogens (tertiary/aromatic N) is 5. The molecule has 1 aromatic heterocycles. The van der Waals surface area contributed by atoms with Gasteiger partial charge in [-0.3, -0.25) is 0 Å². The Labute approximate surface area is 192 Å². The minimum atomic E-state index is 0.654. The quantitative estimate of drug-likeness (QED) is 0.579. The lowest BCUT2D eigenvalue weighted by Crippen LogP contribution is -2.44. The largest absolute Gasteiger partial charge is 0.357 e. The summed E-state index contributed by atoms with van der Waals surface area (Å²) in [7, 11) is 2.18. The number of rotatable bonds is 5. The van der Waals surface area contributed by atoms with E-state index in [1.165, 1.54) is 11.1 Å². The molecule has 0 amide bonds. The molecular weight excluding hydrogens is 396 g/mol. The van der Waals surface area contributed by atoms with Gasteiger partial charge in [0.25, 0.3) is 0 Å². The SMILES string of the molecule is CCNC(=NCc1ccc(N2CCN(C)CC2)nc1)N1CCC(=Cc2ccccc2)CC1. The van der Waals surface area contributed by atoms with Crippen molar-refractivity contribution >= 4 is 17.9 Å². The summed E-state index contributed by atoms with van der Waals surface area (Å²) in [5.74, 6) is 2.08.